The van der Waals surface area contributed by atoms with Crippen LogP contribution in [0.1, 0.15) is 68.2 Å². The third-order valence-corrected chi connectivity index (χ3v) is 3.69. The monoisotopic (exact) mass is 284 g/mol. The van der Waals surface area contributed by atoms with E-state index in [1.807, 2.05) is 0 Å². The quantitative estimate of drug-likeness (QED) is 0.605. The molecule has 0 radical (unpaired) electrons. The highest BCUT2D eigenvalue weighted by Crippen LogP contribution is 2.18. The molecule has 0 spiro atoms. The molecule has 0 unspecified atom stereocenters. The van der Waals surface area contributed by atoms with Gasteiger partial charge in [0.2, 0.25) is 0 Å². The minimum absolute atomic E-state index is 0.345. The molecule has 0 aliphatic heterocycles. The smallest absolute Gasteiger partial charge is 0.00448 e. The van der Waals surface area contributed by atoms with Crippen LogP contribution in [-0.4, -0.2) is 37.1 Å². The van der Waals surface area contributed by atoms with Gasteiger partial charge in [-0.3, -0.25) is 0 Å². The van der Waals surface area contributed by atoms with E-state index in [0.29, 0.717) is 11.5 Å². The van der Waals surface area contributed by atoms with E-state index in [1.165, 1.54) is 32.5 Å². The number of hydrogen-bond donors (Lipinski definition) is 1. The molecule has 1 N–H and O–H groups in total. The minimum Gasteiger partial charge on any atom is -0.314 e. The largest absolute Gasteiger partial charge is 0.314 e. The van der Waals surface area contributed by atoms with Crippen LogP contribution in [-0.2, 0) is 0 Å². The van der Waals surface area contributed by atoms with Gasteiger partial charge in [0.1, 0.15) is 0 Å². The van der Waals surface area contributed by atoms with E-state index < -0.39 is 0 Å². The topological polar surface area (TPSA) is 15.3 Å². The standard InChI is InChI=1S/C18H40N2/c1-15(2)9-11-20(12-10-16(3)4)14-18(7,8)13-19-17(5)6/h15-17,19H,9-14H2,1-8H3. The molecule has 0 saturated carbocycles. The Morgan fingerprint density at radius 2 is 1.30 bits per heavy atom. The number of hydrogen-bond acceptors (Lipinski definition) is 2. The van der Waals surface area contributed by atoms with Crippen LogP contribution in [0.15, 0.2) is 0 Å². The van der Waals surface area contributed by atoms with Crippen molar-refractivity contribution in [2.75, 3.05) is 26.2 Å². The highest BCUT2D eigenvalue weighted by molar-refractivity contribution is 4.78. The first-order valence-corrected chi connectivity index (χ1v) is 8.58. The molecule has 0 aromatic heterocycles. The zero-order valence-corrected chi connectivity index (χ0v) is 15.4. The predicted octanol–water partition coefficient (Wildman–Crippen LogP) is 4.40. The first-order valence-electron chi connectivity index (χ1n) is 8.58. The molecule has 0 aromatic rings. The van der Waals surface area contributed by atoms with Crippen molar-refractivity contribution in [3.63, 3.8) is 0 Å². The maximum absolute atomic E-state index is 3.59. The van der Waals surface area contributed by atoms with Gasteiger partial charge in [0.05, 0.1) is 0 Å². The third kappa shape index (κ3) is 11.7. The van der Waals surface area contributed by atoms with Gasteiger partial charge in [0, 0.05) is 19.1 Å². The highest BCUT2D eigenvalue weighted by Gasteiger charge is 2.22. The van der Waals surface area contributed by atoms with Crippen LogP contribution in [0.4, 0.5) is 0 Å². The molecule has 0 amide bonds. The van der Waals surface area contributed by atoms with Crippen LogP contribution in [0.25, 0.3) is 0 Å². The molecule has 0 bridgehead atoms. The second-order valence-corrected chi connectivity index (χ2v) is 8.34. The van der Waals surface area contributed by atoms with Gasteiger partial charge in [-0.2, -0.15) is 0 Å². The Morgan fingerprint density at radius 1 is 0.850 bits per heavy atom. The molecular formula is C18H40N2. The Labute approximate surface area is 128 Å². The normalized spacial score (nSPS) is 13.2. The van der Waals surface area contributed by atoms with Crippen LogP contribution in [0.3, 0.4) is 0 Å². The molecule has 0 aliphatic rings. The molecule has 2 nitrogen and oxygen atoms in total. The maximum Gasteiger partial charge on any atom is 0.00448 e. The summed E-state index contributed by atoms with van der Waals surface area (Å²) in [6.07, 6.45) is 2.62. The lowest BCUT2D eigenvalue weighted by Gasteiger charge is -2.34. The summed E-state index contributed by atoms with van der Waals surface area (Å²) in [5.74, 6) is 1.60. The number of nitrogens with zero attached hydrogens (tertiary/aromatic N) is 1. The molecule has 20 heavy (non-hydrogen) atoms. The van der Waals surface area contributed by atoms with Gasteiger partial charge in [0.15, 0.2) is 0 Å². The summed E-state index contributed by atoms with van der Waals surface area (Å²) in [6, 6.07) is 0.578. The predicted molar refractivity (Wildman–Crippen MR) is 92.3 cm³/mol. The molecule has 122 valence electrons. The molecular weight excluding hydrogens is 244 g/mol. The van der Waals surface area contributed by atoms with E-state index >= 15 is 0 Å². The summed E-state index contributed by atoms with van der Waals surface area (Å²) in [6.45, 7) is 23.3. The molecule has 0 fully saturated rings. The van der Waals surface area contributed by atoms with E-state index in [0.717, 1.165) is 18.4 Å². The molecule has 0 atom stereocenters. The van der Waals surface area contributed by atoms with E-state index in [2.05, 4.69) is 65.6 Å². The molecule has 2 heteroatoms. The van der Waals surface area contributed by atoms with Crippen molar-refractivity contribution in [1.29, 1.82) is 0 Å². The summed E-state index contributed by atoms with van der Waals surface area (Å²) in [5.41, 5.74) is 0.345. The molecule has 0 aromatic carbocycles. The number of rotatable bonds is 11. The summed E-state index contributed by atoms with van der Waals surface area (Å²) >= 11 is 0. The average molecular weight is 285 g/mol. The lowest BCUT2D eigenvalue weighted by molar-refractivity contribution is 0.158. The maximum atomic E-state index is 3.59. The Kier molecular flexibility index (Phi) is 9.74. The third-order valence-electron chi connectivity index (χ3n) is 3.69. The first kappa shape index (κ1) is 19.9. The Hall–Kier alpha value is -0.0800. The molecule has 0 heterocycles. The van der Waals surface area contributed by atoms with Crippen LogP contribution >= 0.6 is 0 Å². The zero-order chi connectivity index (χ0) is 15.8. The van der Waals surface area contributed by atoms with Gasteiger partial charge in [0.25, 0.3) is 0 Å². The SMILES string of the molecule is CC(C)CCN(CCC(C)C)CC(C)(C)CNC(C)C. The first-order chi connectivity index (χ1) is 9.12. The van der Waals surface area contributed by atoms with Crippen LogP contribution < -0.4 is 5.32 Å². The second kappa shape index (κ2) is 9.78. The fraction of sp³-hybridized carbons (Fsp3) is 1.00. The summed E-state index contributed by atoms with van der Waals surface area (Å²) < 4.78 is 0. The van der Waals surface area contributed by atoms with Crippen LogP contribution in [0.2, 0.25) is 0 Å². The minimum atomic E-state index is 0.345. The Morgan fingerprint density at radius 3 is 1.65 bits per heavy atom. The van der Waals surface area contributed by atoms with Crippen molar-refractivity contribution >= 4 is 0 Å². The molecule has 0 aliphatic carbocycles. The van der Waals surface area contributed by atoms with Crippen molar-refractivity contribution in [2.45, 2.75) is 74.3 Å². The van der Waals surface area contributed by atoms with E-state index in [1.54, 1.807) is 0 Å². The average Bonchev–Trinajstić information content (AvgIpc) is 2.30. The lowest BCUT2D eigenvalue weighted by atomic mass is 9.91. The van der Waals surface area contributed by atoms with Gasteiger partial charge in [-0.15, -0.1) is 0 Å². The van der Waals surface area contributed by atoms with Crippen molar-refractivity contribution < 1.29 is 0 Å². The second-order valence-electron chi connectivity index (χ2n) is 8.34. The van der Waals surface area contributed by atoms with Gasteiger partial charge >= 0.3 is 0 Å². The lowest BCUT2D eigenvalue weighted by Crippen LogP contribution is -2.43. The van der Waals surface area contributed by atoms with Crippen molar-refractivity contribution in [3.8, 4) is 0 Å². The van der Waals surface area contributed by atoms with Gasteiger partial charge in [-0.25, -0.2) is 0 Å². The van der Waals surface area contributed by atoms with E-state index in [9.17, 15) is 0 Å². The van der Waals surface area contributed by atoms with Crippen molar-refractivity contribution in [1.82, 2.24) is 10.2 Å². The Bertz CT molecular complexity index is 220. The van der Waals surface area contributed by atoms with E-state index in [4.69, 9.17) is 0 Å². The molecule has 0 rings (SSSR count). The fourth-order valence-corrected chi connectivity index (χ4v) is 2.29. The summed E-state index contributed by atoms with van der Waals surface area (Å²) in [4.78, 5) is 2.68. The summed E-state index contributed by atoms with van der Waals surface area (Å²) in [5, 5.41) is 3.59. The van der Waals surface area contributed by atoms with Crippen LogP contribution in [0.5, 0.6) is 0 Å². The number of nitrogens with one attached hydrogen (secondary N) is 1. The Balaban J connectivity index is 4.35. The highest BCUT2D eigenvalue weighted by atomic mass is 15.1. The fourth-order valence-electron chi connectivity index (χ4n) is 2.29. The van der Waals surface area contributed by atoms with Gasteiger partial charge in [-0.1, -0.05) is 55.4 Å². The van der Waals surface area contributed by atoms with E-state index in [-0.39, 0.29) is 0 Å². The van der Waals surface area contributed by atoms with Crippen LogP contribution in [0, 0.1) is 17.3 Å². The van der Waals surface area contributed by atoms with Crippen molar-refractivity contribution in [2.24, 2.45) is 17.3 Å². The zero-order valence-electron chi connectivity index (χ0n) is 15.4. The van der Waals surface area contributed by atoms with Crippen molar-refractivity contribution in [3.05, 3.63) is 0 Å². The van der Waals surface area contributed by atoms with Gasteiger partial charge < -0.3 is 10.2 Å². The summed E-state index contributed by atoms with van der Waals surface area (Å²) in [7, 11) is 0. The van der Waals surface area contributed by atoms with Gasteiger partial charge in [-0.05, 0) is 43.2 Å². The molecule has 0 saturated heterocycles.